The molecular formula is C25H27N4O3+. The average molecular weight is 432 g/mol. The molecule has 1 aliphatic rings. The number of hydrogen-bond donors (Lipinski definition) is 2. The lowest BCUT2D eigenvalue weighted by Crippen LogP contribution is -3.15. The summed E-state index contributed by atoms with van der Waals surface area (Å²) in [5, 5.41) is 3.28. The van der Waals surface area contributed by atoms with Crippen molar-refractivity contribution >= 4 is 34.8 Å². The molecule has 1 unspecified atom stereocenters. The van der Waals surface area contributed by atoms with Gasteiger partial charge >= 0.3 is 11.9 Å². The minimum atomic E-state index is -0.456. The lowest BCUT2D eigenvalue weighted by molar-refractivity contribution is -0.644. The van der Waals surface area contributed by atoms with Gasteiger partial charge in [-0.05, 0) is 17.5 Å². The van der Waals surface area contributed by atoms with Crippen molar-refractivity contribution in [2.75, 3.05) is 16.8 Å². The van der Waals surface area contributed by atoms with Crippen molar-refractivity contribution in [3.05, 3.63) is 82.6 Å². The third-order valence-corrected chi connectivity index (χ3v) is 5.38. The topological polar surface area (TPSA) is 75.8 Å². The molecule has 1 aromatic heterocycles. The quantitative estimate of drug-likeness (QED) is 0.663. The molecular weight excluding hydrogens is 404 g/mol. The first-order valence-corrected chi connectivity index (χ1v) is 10.5. The Morgan fingerprint density at radius 3 is 2.09 bits per heavy atom. The van der Waals surface area contributed by atoms with Crippen LogP contribution < -0.4 is 20.7 Å². The Balaban J connectivity index is 1.99. The highest BCUT2D eigenvalue weighted by atomic mass is 16.2. The van der Waals surface area contributed by atoms with Crippen LogP contribution in [-0.2, 0) is 7.05 Å². The third kappa shape index (κ3) is 3.83. The van der Waals surface area contributed by atoms with Crippen molar-refractivity contribution in [1.29, 1.82) is 0 Å². The predicted octanol–water partition coefficient (Wildman–Crippen LogP) is 3.47. The summed E-state index contributed by atoms with van der Waals surface area (Å²) in [6, 6.07) is 19.0. The Labute approximate surface area is 186 Å². The van der Waals surface area contributed by atoms with Crippen LogP contribution in [0.25, 0.3) is 0 Å². The van der Waals surface area contributed by atoms with Gasteiger partial charge in [-0.1, -0.05) is 57.2 Å². The number of rotatable bonds is 4. The highest BCUT2D eigenvalue weighted by molar-refractivity contribution is 6.14. The van der Waals surface area contributed by atoms with E-state index in [1.807, 2.05) is 24.3 Å². The SMILES string of the molecule is Cn1c2c(c(NCC(C)(C)C)cc1=O)C(=O)[NH+](c1ccccc1)C(=O)N2c1ccccc1. The van der Waals surface area contributed by atoms with E-state index in [9.17, 15) is 14.4 Å². The molecule has 164 valence electrons. The van der Waals surface area contributed by atoms with Gasteiger partial charge in [0.25, 0.3) is 5.56 Å². The Bertz CT molecular complexity index is 1230. The zero-order chi connectivity index (χ0) is 23.0. The van der Waals surface area contributed by atoms with E-state index in [2.05, 4.69) is 26.1 Å². The highest BCUT2D eigenvalue weighted by Gasteiger charge is 2.47. The number of carbonyl (C=O) groups is 2. The standard InChI is InChI=1S/C25H26N4O3/c1-25(2,3)16-26-19-15-20(30)27(4)22-21(19)23(31)29(18-13-9-6-10-14-18)24(32)28(22)17-11-7-5-8-12-17/h5-15,26H,16H2,1-4H3/p+1. The van der Waals surface area contributed by atoms with Crippen molar-refractivity contribution < 1.29 is 14.5 Å². The number of quaternary nitrogens is 1. The Morgan fingerprint density at radius 2 is 1.50 bits per heavy atom. The van der Waals surface area contributed by atoms with Crippen LogP contribution in [0.3, 0.4) is 0 Å². The molecule has 7 nitrogen and oxygen atoms in total. The molecule has 32 heavy (non-hydrogen) atoms. The summed E-state index contributed by atoms with van der Waals surface area (Å²) in [7, 11) is 1.58. The molecule has 2 N–H and O–H groups in total. The van der Waals surface area contributed by atoms with Crippen LogP contribution >= 0.6 is 0 Å². The van der Waals surface area contributed by atoms with E-state index in [0.717, 1.165) is 0 Å². The van der Waals surface area contributed by atoms with E-state index >= 15 is 0 Å². The van der Waals surface area contributed by atoms with Crippen molar-refractivity contribution in [3.8, 4) is 0 Å². The molecule has 0 saturated heterocycles. The van der Waals surface area contributed by atoms with E-state index in [-0.39, 0.29) is 21.7 Å². The van der Waals surface area contributed by atoms with E-state index in [1.165, 1.54) is 15.5 Å². The van der Waals surface area contributed by atoms with Crippen LogP contribution in [0.5, 0.6) is 0 Å². The maximum Gasteiger partial charge on any atom is 0.440 e. The Morgan fingerprint density at radius 1 is 0.906 bits per heavy atom. The van der Waals surface area contributed by atoms with Gasteiger partial charge in [0.15, 0.2) is 0 Å². The number of amides is 3. The maximum atomic E-state index is 13.8. The third-order valence-electron chi connectivity index (χ3n) is 5.38. The Kier molecular flexibility index (Phi) is 5.44. The van der Waals surface area contributed by atoms with Gasteiger partial charge in [0.05, 0.1) is 11.4 Å². The summed E-state index contributed by atoms with van der Waals surface area (Å²) in [6.45, 7) is 6.75. The second-order valence-electron chi connectivity index (χ2n) is 9.11. The summed E-state index contributed by atoms with van der Waals surface area (Å²) >= 11 is 0. The molecule has 0 aliphatic carbocycles. The lowest BCUT2D eigenvalue weighted by atomic mass is 9.96. The first kappa shape index (κ1) is 21.5. The maximum absolute atomic E-state index is 13.8. The van der Waals surface area contributed by atoms with Crippen LogP contribution in [0.15, 0.2) is 71.5 Å². The number of urea groups is 1. The number of fused-ring (bicyclic) bond motifs is 1. The summed E-state index contributed by atoms with van der Waals surface area (Å²) in [5.41, 5.74) is 1.51. The molecule has 2 heterocycles. The minimum absolute atomic E-state index is 0.0768. The number of benzene rings is 2. The summed E-state index contributed by atoms with van der Waals surface area (Å²) in [5.74, 6) is -0.120. The molecule has 0 radical (unpaired) electrons. The highest BCUT2D eigenvalue weighted by Crippen LogP contribution is 2.34. The lowest BCUT2D eigenvalue weighted by Gasteiger charge is -2.33. The molecule has 0 spiro atoms. The van der Waals surface area contributed by atoms with Crippen LogP contribution in [0, 0.1) is 5.41 Å². The molecule has 2 aromatic carbocycles. The molecule has 1 aliphatic heterocycles. The van der Waals surface area contributed by atoms with E-state index in [0.29, 0.717) is 29.2 Å². The predicted molar refractivity (Wildman–Crippen MR) is 125 cm³/mol. The zero-order valence-electron chi connectivity index (χ0n) is 18.7. The van der Waals surface area contributed by atoms with E-state index < -0.39 is 11.9 Å². The number of para-hydroxylation sites is 2. The van der Waals surface area contributed by atoms with Gasteiger partial charge in [0.1, 0.15) is 17.1 Å². The van der Waals surface area contributed by atoms with Gasteiger partial charge in [-0.3, -0.25) is 9.36 Å². The zero-order valence-corrected chi connectivity index (χ0v) is 18.7. The van der Waals surface area contributed by atoms with Crippen LogP contribution in [0.2, 0.25) is 0 Å². The average Bonchev–Trinajstić information content (AvgIpc) is 2.76. The molecule has 3 amide bonds. The van der Waals surface area contributed by atoms with Crippen molar-refractivity contribution in [3.63, 3.8) is 0 Å². The number of pyridine rings is 1. The molecule has 1 atom stereocenters. The van der Waals surface area contributed by atoms with Crippen LogP contribution in [0.1, 0.15) is 31.1 Å². The number of nitrogens with one attached hydrogen (secondary N) is 2. The summed E-state index contributed by atoms with van der Waals surface area (Å²) in [6.07, 6.45) is 0. The molecule has 7 heteroatoms. The van der Waals surface area contributed by atoms with Gasteiger partial charge < -0.3 is 5.32 Å². The Hall–Kier alpha value is -3.71. The first-order valence-electron chi connectivity index (χ1n) is 10.5. The molecule has 0 fully saturated rings. The number of aromatic nitrogens is 1. The van der Waals surface area contributed by atoms with Gasteiger partial charge in [-0.2, -0.15) is 4.90 Å². The van der Waals surface area contributed by atoms with Crippen LogP contribution in [-0.4, -0.2) is 23.1 Å². The van der Waals surface area contributed by atoms with Gasteiger partial charge in [-0.25, -0.2) is 14.5 Å². The minimum Gasteiger partial charge on any atom is -0.383 e. The largest absolute Gasteiger partial charge is 0.440 e. The van der Waals surface area contributed by atoms with E-state index in [4.69, 9.17) is 0 Å². The monoisotopic (exact) mass is 431 g/mol. The van der Waals surface area contributed by atoms with Gasteiger partial charge in [0, 0.05) is 31.8 Å². The fourth-order valence-electron chi connectivity index (χ4n) is 3.78. The number of anilines is 3. The molecule has 0 bridgehead atoms. The number of hydrogen-bond acceptors (Lipinski definition) is 4. The van der Waals surface area contributed by atoms with Crippen molar-refractivity contribution in [2.45, 2.75) is 20.8 Å². The first-order chi connectivity index (χ1) is 15.2. The molecule has 3 aromatic rings. The summed E-state index contributed by atoms with van der Waals surface area (Å²) < 4.78 is 1.36. The molecule has 4 rings (SSSR count). The normalized spacial score (nSPS) is 16.1. The van der Waals surface area contributed by atoms with Crippen molar-refractivity contribution in [1.82, 2.24) is 4.57 Å². The van der Waals surface area contributed by atoms with E-state index in [1.54, 1.807) is 43.4 Å². The second kappa shape index (κ2) is 8.09. The fraction of sp³-hybridized carbons (Fsp3) is 0.240. The second-order valence-corrected chi connectivity index (χ2v) is 9.11. The fourth-order valence-corrected chi connectivity index (χ4v) is 3.78. The number of carbonyl (C=O) groups excluding carboxylic acids is 2. The van der Waals surface area contributed by atoms with Gasteiger partial charge in [0.2, 0.25) is 0 Å². The van der Waals surface area contributed by atoms with Crippen molar-refractivity contribution in [2.24, 2.45) is 12.5 Å². The smallest absolute Gasteiger partial charge is 0.383 e. The number of nitrogens with zero attached hydrogens (tertiary/aromatic N) is 2. The number of imide groups is 1. The van der Waals surface area contributed by atoms with Gasteiger partial charge in [-0.15, -0.1) is 0 Å². The molecule has 0 saturated carbocycles. The van der Waals surface area contributed by atoms with Crippen LogP contribution in [0.4, 0.5) is 27.7 Å². The summed E-state index contributed by atoms with van der Waals surface area (Å²) in [4.78, 5) is 41.9.